The third-order valence-electron chi connectivity index (χ3n) is 5.50. The highest BCUT2D eigenvalue weighted by atomic mass is 16.5. The first kappa shape index (κ1) is 21.6. The summed E-state index contributed by atoms with van der Waals surface area (Å²) in [5, 5.41) is 11.7. The van der Waals surface area contributed by atoms with Crippen LogP contribution in [0.3, 0.4) is 0 Å². The van der Waals surface area contributed by atoms with Crippen LogP contribution < -0.4 is 19.7 Å². The molecule has 7 heteroatoms. The Morgan fingerprint density at radius 3 is 2.56 bits per heavy atom. The maximum atomic E-state index is 12.7. The molecule has 3 aromatic rings. The van der Waals surface area contributed by atoms with Crippen LogP contribution in [0.1, 0.15) is 25.3 Å². The van der Waals surface area contributed by atoms with Crippen molar-refractivity contribution in [2.45, 2.75) is 32.8 Å². The van der Waals surface area contributed by atoms with E-state index in [1.54, 1.807) is 14.0 Å². The zero-order valence-corrected chi connectivity index (χ0v) is 18.7. The summed E-state index contributed by atoms with van der Waals surface area (Å²) in [5.41, 5.74) is 3.37. The summed E-state index contributed by atoms with van der Waals surface area (Å²) < 4.78 is 11.2. The van der Waals surface area contributed by atoms with E-state index >= 15 is 0 Å². The molecule has 0 aliphatic carbocycles. The van der Waals surface area contributed by atoms with E-state index in [-0.39, 0.29) is 5.91 Å². The molecule has 4 rings (SSSR count). The molecule has 1 aliphatic rings. The molecular formula is C25H28N4O3. The SMILES string of the molecule is COc1cc(C)ccc1OC(C)C(=O)Nc1cccc(-c2ccc(N3CCCC3)nn2)c1. The maximum absolute atomic E-state index is 12.7. The van der Waals surface area contributed by atoms with E-state index < -0.39 is 6.10 Å². The molecule has 0 radical (unpaired) electrons. The van der Waals surface area contributed by atoms with Crippen LogP contribution in [0.5, 0.6) is 11.5 Å². The molecule has 1 saturated heterocycles. The van der Waals surface area contributed by atoms with Gasteiger partial charge in [0.25, 0.3) is 5.91 Å². The number of nitrogens with one attached hydrogen (secondary N) is 1. The number of aromatic nitrogens is 2. The fraction of sp³-hybridized carbons (Fsp3) is 0.320. The van der Waals surface area contributed by atoms with Crippen LogP contribution in [0.15, 0.2) is 54.6 Å². The number of amides is 1. The van der Waals surface area contributed by atoms with Crippen LogP contribution in [-0.4, -0.2) is 42.4 Å². The van der Waals surface area contributed by atoms with Crippen molar-refractivity contribution in [3.8, 4) is 22.8 Å². The lowest BCUT2D eigenvalue weighted by atomic mass is 10.1. The highest BCUT2D eigenvalue weighted by Crippen LogP contribution is 2.29. The van der Waals surface area contributed by atoms with Gasteiger partial charge in [0, 0.05) is 24.3 Å². The van der Waals surface area contributed by atoms with Gasteiger partial charge in [0.2, 0.25) is 0 Å². The molecule has 0 spiro atoms. The van der Waals surface area contributed by atoms with Crippen LogP contribution in [-0.2, 0) is 4.79 Å². The lowest BCUT2D eigenvalue weighted by molar-refractivity contribution is -0.122. The highest BCUT2D eigenvalue weighted by Gasteiger charge is 2.18. The first-order valence-electron chi connectivity index (χ1n) is 10.8. The molecule has 1 aliphatic heterocycles. The number of methoxy groups -OCH3 is 1. The molecule has 2 aromatic carbocycles. The zero-order chi connectivity index (χ0) is 22.5. The number of benzene rings is 2. The molecule has 2 heterocycles. The lowest BCUT2D eigenvalue weighted by Gasteiger charge is -2.17. The topological polar surface area (TPSA) is 76.6 Å². The minimum atomic E-state index is -0.699. The molecular weight excluding hydrogens is 404 g/mol. The van der Waals surface area contributed by atoms with Gasteiger partial charge in [0.15, 0.2) is 23.4 Å². The Morgan fingerprint density at radius 1 is 1.03 bits per heavy atom. The predicted molar refractivity (Wildman–Crippen MR) is 125 cm³/mol. The third-order valence-corrected chi connectivity index (χ3v) is 5.50. The van der Waals surface area contributed by atoms with Crippen LogP contribution in [0.2, 0.25) is 0 Å². The van der Waals surface area contributed by atoms with E-state index in [1.165, 1.54) is 12.8 Å². The largest absolute Gasteiger partial charge is 0.493 e. The summed E-state index contributed by atoms with van der Waals surface area (Å²) >= 11 is 0. The molecule has 1 fully saturated rings. The minimum absolute atomic E-state index is 0.250. The van der Waals surface area contributed by atoms with Crippen molar-refractivity contribution in [1.82, 2.24) is 10.2 Å². The Morgan fingerprint density at radius 2 is 1.84 bits per heavy atom. The molecule has 32 heavy (non-hydrogen) atoms. The number of hydrogen-bond donors (Lipinski definition) is 1. The Balaban J connectivity index is 1.42. The molecule has 1 aromatic heterocycles. The molecule has 7 nitrogen and oxygen atoms in total. The fourth-order valence-corrected chi connectivity index (χ4v) is 3.71. The van der Waals surface area contributed by atoms with Gasteiger partial charge in [0.05, 0.1) is 12.8 Å². The molecule has 0 bridgehead atoms. The van der Waals surface area contributed by atoms with Gasteiger partial charge >= 0.3 is 0 Å². The van der Waals surface area contributed by atoms with Crippen molar-refractivity contribution in [3.05, 3.63) is 60.2 Å². The van der Waals surface area contributed by atoms with Crippen LogP contribution >= 0.6 is 0 Å². The number of carbonyl (C=O) groups excluding carboxylic acids is 1. The quantitative estimate of drug-likeness (QED) is 0.594. The second kappa shape index (κ2) is 9.68. The van der Waals surface area contributed by atoms with Crippen molar-refractivity contribution in [2.24, 2.45) is 0 Å². The maximum Gasteiger partial charge on any atom is 0.265 e. The zero-order valence-electron chi connectivity index (χ0n) is 18.7. The number of nitrogens with zero attached hydrogens (tertiary/aromatic N) is 3. The molecule has 166 valence electrons. The lowest BCUT2D eigenvalue weighted by Crippen LogP contribution is -2.30. The second-order valence-corrected chi connectivity index (χ2v) is 7.96. The van der Waals surface area contributed by atoms with Crippen molar-refractivity contribution in [1.29, 1.82) is 0 Å². The summed E-state index contributed by atoms with van der Waals surface area (Å²) in [7, 11) is 1.58. The molecule has 1 unspecified atom stereocenters. The summed E-state index contributed by atoms with van der Waals surface area (Å²) in [5.74, 6) is 1.79. The van der Waals surface area contributed by atoms with Gasteiger partial charge in [-0.2, -0.15) is 0 Å². The minimum Gasteiger partial charge on any atom is -0.493 e. The average molecular weight is 433 g/mol. The number of ether oxygens (including phenoxy) is 2. The van der Waals surface area contributed by atoms with Gasteiger partial charge in [-0.15, -0.1) is 10.2 Å². The van der Waals surface area contributed by atoms with E-state index in [2.05, 4.69) is 20.4 Å². The first-order valence-corrected chi connectivity index (χ1v) is 10.8. The smallest absolute Gasteiger partial charge is 0.265 e. The van der Waals surface area contributed by atoms with Crippen LogP contribution in [0.25, 0.3) is 11.3 Å². The van der Waals surface area contributed by atoms with E-state index in [9.17, 15) is 4.79 Å². The predicted octanol–water partition coefficient (Wildman–Crippen LogP) is 4.47. The summed E-state index contributed by atoms with van der Waals surface area (Å²) in [4.78, 5) is 15.0. The molecule has 0 saturated carbocycles. The van der Waals surface area contributed by atoms with Crippen molar-refractivity contribution >= 4 is 17.4 Å². The van der Waals surface area contributed by atoms with E-state index in [0.717, 1.165) is 35.7 Å². The number of carbonyl (C=O) groups is 1. The second-order valence-electron chi connectivity index (χ2n) is 7.96. The normalized spacial score (nSPS) is 14.2. The summed E-state index contributed by atoms with van der Waals surface area (Å²) in [6.07, 6.45) is 1.70. The van der Waals surface area contributed by atoms with Gasteiger partial charge in [-0.3, -0.25) is 4.79 Å². The monoisotopic (exact) mass is 432 g/mol. The van der Waals surface area contributed by atoms with E-state index in [1.807, 2.05) is 61.5 Å². The fourth-order valence-electron chi connectivity index (χ4n) is 3.71. The van der Waals surface area contributed by atoms with Gasteiger partial charge < -0.3 is 19.7 Å². The first-order chi connectivity index (χ1) is 15.5. The average Bonchev–Trinajstić information content (AvgIpc) is 3.35. The number of anilines is 2. The third kappa shape index (κ3) is 4.99. The van der Waals surface area contributed by atoms with Gasteiger partial charge in [-0.05, 0) is 68.7 Å². The molecule has 1 atom stereocenters. The molecule has 1 amide bonds. The van der Waals surface area contributed by atoms with Gasteiger partial charge in [-0.1, -0.05) is 18.2 Å². The Hall–Kier alpha value is -3.61. The van der Waals surface area contributed by atoms with E-state index in [0.29, 0.717) is 17.2 Å². The van der Waals surface area contributed by atoms with Gasteiger partial charge in [-0.25, -0.2) is 0 Å². The van der Waals surface area contributed by atoms with Crippen molar-refractivity contribution < 1.29 is 14.3 Å². The standard InChI is InChI=1S/C25H28N4O3/c1-17-9-11-22(23(15-17)31-3)32-18(2)25(30)26-20-8-6-7-19(16-20)21-10-12-24(28-27-21)29-13-4-5-14-29/h6-12,15-16,18H,4-5,13-14H2,1-3H3,(H,26,30). The van der Waals surface area contributed by atoms with Gasteiger partial charge in [0.1, 0.15) is 0 Å². The number of rotatable bonds is 7. The highest BCUT2D eigenvalue weighted by molar-refractivity contribution is 5.94. The Labute approximate surface area is 188 Å². The summed E-state index contributed by atoms with van der Waals surface area (Å²) in [6, 6.07) is 17.1. The van der Waals surface area contributed by atoms with Crippen molar-refractivity contribution in [2.75, 3.05) is 30.4 Å². The molecule has 1 N–H and O–H groups in total. The Bertz CT molecular complexity index is 1080. The Kier molecular flexibility index (Phi) is 6.54. The van der Waals surface area contributed by atoms with E-state index in [4.69, 9.17) is 9.47 Å². The van der Waals surface area contributed by atoms with Crippen molar-refractivity contribution in [3.63, 3.8) is 0 Å². The number of aryl methyl sites for hydroxylation is 1. The van der Waals surface area contributed by atoms with Crippen LogP contribution in [0.4, 0.5) is 11.5 Å². The summed E-state index contributed by atoms with van der Waals surface area (Å²) in [6.45, 7) is 5.75. The van der Waals surface area contributed by atoms with Crippen LogP contribution in [0, 0.1) is 6.92 Å². The number of hydrogen-bond acceptors (Lipinski definition) is 6.